The SMILES string of the molecule is COc1ccc(-c2nc3ccccc3o2)cc1NC(=O)COc1ccccc1C. The van der Waals surface area contributed by atoms with E-state index in [4.69, 9.17) is 13.9 Å². The lowest BCUT2D eigenvalue weighted by Gasteiger charge is -2.12. The highest BCUT2D eigenvalue weighted by Crippen LogP contribution is 2.32. The fraction of sp³-hybridized carbons (Fsp3) is 0.130. The number of ether oxygens (including phenoxy) is 2. The van der Waals surface area contributed by atoms with Crippen LogP contribution in [0.15, 0.2) is 71.1 Å². The van der Waals surface area contributed by atoms with Gasteiger partial charge in [0.05, 0.1) is 12.8 Å². The third kappa shape index (κ3) is 4.06. The van der Waals surface area contributed by atoms with Gasteiger partial charge in [-0.05, 0) is 48.9 Å². The first-order valence-electron chi connectivity index (χ1n) is 9.16. The standard InChI is InChI=1S/C23H20N2O4/c1-15-7-3-5-9-19(15)28-14-22(26)24-18-13-16(11-12-20(18)27-2)23-25-17-8-4-6-10-21(17)29-23/h3-13H,14H2,1-2H3,(H,24,26). The summed E-state index contributed by atoms with van der Waals surface area (Å²) in [4.78, 5) is 16.9. The number of hydrogen-bond donors (Lipinski definition) is 1. The second-order valence-electron chi connectivity index (χ2n) is 6.50. The Bertz CT molecular complexity index is 1130. The maximum Gasteiger partial charge on any atom is 0.262 e. The van der Waals surface area contributed by atoms with Gasteiger partial charge in [-0.2, -0.15) is 0 Å². The molecule has 6 heteroatoms. The maximum absolute atomic E-state index is 12.4. The topological polar surface area (TPSA) is 73.6 Å². The molecule has 0 unspecified atom stereocenters. The number of methoxy groups -OCH3 is 1. The van der Waals surface area contributed by atoms with Gasteiger partial charge < -0.3 is 19.2 Å². The number of fused-ring (bicyclic) bond motifs is 1. The van der Waals surface area contributed by atoms with Crippen molar-refractivity contribution in [2.24, 2.45) is 0 Å². The Morgan fingerprint density at radius 2 is 1.83 bits per heavy atom. The van der Waals surface area contributed by atoms with Crippen molar-refractivity contribution in [2.75, 3.05) is 19.0 Å². The summed E-state index contributed by atoms with van der Waals surface area (Å²) in [6, 6.07) is 20.5. The van der Waals surface area contributed by atoms with Crippen molar-refractivity contribution in [3.8, 4) is 23.0 Å². The molecule has 0 atom stereocenters. The smallest absolute Gasteiger partial charge is 0.262 e. The number of nitrogens with one attached hydrogen (secondary N) is 1. The highest BCUT2D eigenvalue weighted by molar-refractivity contribution is 5.94. The number of benzene rings is 3. The maximum atomic E-state index is 12.4. The molecule has 4 rings (SSSR count). The Morgan fingerprint density at radius 1 is 1.03 bits per heavy atom. The third-order valence-electron chi connectivity index (χ3n) is 4.47. The average molecular weight is 388 g/mol. The molecular weight excluding hydrogens is 368 g/mol. The Morgan fingerprint density at radius 3 is 2.62 bits per heavy atom. The number of hydrogen-bond acceptors (Lipinski definition) is 5. The molecule has 3 aromatic carbocycles. The molecule has 0 fully saturated rings. The van der Waals surface area contributed by atoms with Crippen molar-refractivity contribution in [1.82, 2.24) is 4.98 Å². The summed E-state index contributed by atoms with van der Waals surface area (Å²) in [5, 5.41) is 2.84. The number of nitrogens with zero attached hydrogens (tertiary/aromatic N) is 1. The molecule has 0 bridgehead atoms. The highest BCUT2D eigenvalue weighted by Gasteiger charge is 2.14. The number of rotatable bonds is 6. The van der Waals surface area contributed by atoms with E-state index < -0.39 is 0 Å². The summed E-state index contributed by atoms with van der Waals surface area (Å²) in [7, 11) is 1.55. The fourth-order valence-electron chi connectivity index (χ4n) is 2.98. The van der Waals surface area contributed by atoms with Gasteiger partial charge in [0, 0.05) is 5.56 Å². The van der Waals surface area contributed by atoms with Crippen molar-refractivity contribution < 1.29 is 18.7 Å². The molecule has 1 N–H and O–H groups in total. The first kappa shape index (κ1) is 18.6. The Balaban J connectivity index is 1.53. The lowest BCUT2D eigenvalue weighted by molar-refractivity contribution is -0.118. The molecule has 0 spiro atoms. The second-order valence-corrected chi connectivity index (χ2v) is 6.50. The van der Waals surface area contributed by atoms with Crippen LogP contribution in [0.25, 0.3) is 22.6 Å². The fourth-order valence-corrected chi connectivity index (χ4v) is 2.98. The molecule has 29 heavy (non-hydrogen) atoms. The van der Waals surface area contributed by atoms with Gasteiger partial charge in [-0.1, -0.05) is 30.3 Å². The predicted octanol–water partition coefficient (Wildman–Crippen LogP) is 4.83. The molecule has 146 valence electrons. The summed E-state index contributed by atoms with van der Waals surface area (Å²) in [6.07, 6.45) is 0. The zero-order valence-electron chi connectivity index (χ0n) is 16.1. The molecule has 1 heterocycles. The number of aryl methyl sites for hydroxylation is 1. The first-order chi connectivity index (χ1) is 14.1. The zero-order valence-corrected chi connectivity index (χ0v) is 16.1. The number of carbonyl (C=O) groups is 1. The van der Waals surface area contributed by atoms with E-state index in [0.717, 1.165) is 16.6 Å². The van der Waals surface area contributed by atoms with E-state index in [9.17, 15) is 4.79 Å². The van der Waals surface area contributed by atoms with Crippen LogP contribution in [0, 0.1) is 6.92 Å². The van der Waals surface area contributed by atoms with Crippen LogP contribution in [-0.2, 0) is 4.79 Å². The molecule has 0 saturated carbocycles. The van der Waals surface area contributed by atoms with Crippen LogP contribution in [0.2, 0.25) is 0 Å². The minimum atomic E-state index is -0.290. The van der Waals surface area contributed by atoms with E-state index in [1.165, 1.54) is 0 Å². The molecular formula is C23H20N2O4. The quantitative estimate of drug-likeness (QED) is 0.512. The molecule has 0 aliphatic carbocycles. The number of amides is 1. The van der Waals surface area contributed by atoms with Gasteiger partial charge >= 0.3 is 0 Å². The van der Waals surface area contributed by atoms with Crippen LogP contribution in [0.5, 0.6) is 11.5 Å². The third-order valence-corrected chi connectivity index (χ3v) is 4.47. The molecule has 0 radical (unpaired) electrons. The van der Waals surface area contributed by atoms with E-state index in [-0.39, 0.29) is 12.5 Å². The molecule has 1 amide bonds. The van der Waals surface area contributed by atoms with Gasteiger partial charge in [-0.3, -0.25) is 4.79 Å². The van der Waals surface area contributed by atoms with Gasteiger partial charge in [0.2, 0.25) is 5.89 Å². The van der Waals surface area contributed by atoms with Crippen molar-refractivity contribution in [2.45, 2.75) is 6.92 Å². The first-order valence-corrected chi connectivity index (χ1v) is 9.16. The average Bonchev–Trinajstić information content (AvgIpc) is 3.17. The molecule has 4 aromatic rings. The van der Waals surface area contributed by atoms with Gasteiger partial charge in [0.15, 0.2) is 12.2 Å². The number of anilines is 1. The van der Waals surface area contributed by atoms with E-state index in [2.05, 4.69) is 10.3 Å². The van der Waals surface area contributed by atoms with Crippen molar-refractivity contribution in [3.63, 3.8) is 0 Å². The van der Waals surface area contributed by atoms with Crippen LogP contribution in [0.3, 0.4) is 0 Å². The van der Waals surface area contributed by atoms with Crippen LogP contribution < -0.4 is 14.8 Å². The minimum absolute atomic E-state index is 0.110. The summed E-state index contributed by atoms with van der Waals surface area (Å²) in [5.74, 6) is 1.39. The van der Waals surface area contributed by atoms with Gasteiger partial charge in [-0.25, -0.2) is 4.98 Å². The lowest BCUT2D eigenvalue weighted by atomic mass is 10.2. The van der Waals surface area contributed by atoms with Crippen LogP contribution >= 0.6 is 0 Å². The van der Waals surface area contributed by atoms with Crippen LogP contribution in [0.4, 0.5) is 5.69 Å². The number of oxazole rings is 1. The normalized spacial score (nSPS) is 10.7. The van der Waals surface area contributed by atoms with Crippen LogP contribution in [0.1, 0.15) is 5.56 Å². The Hall–Kier alpha value is -3.80. The second kappa shape index (κ2) is 8.06. The van der Waals surface area contributed by atoms with Crippen molar-refractivity contribution >= 4 is 22.7 Å². The van der Waals surface area contributed by atoms with Gasteiger partial charge in [0.25, 0.3) is 5.91 Å². The monoisotopic (exact) mass is 388 g/mol. The van der Waals surface area contributed by atoms with E-state index >= 15 is 0 Å². The van der Waals surface area contributed by atoms with Gasteiger partial charge in [0.1, 0.15) is 17.0 Å². The Kier molecular flexibility index (Phi) is 5.16. The number of aromatic nitrogens is 1. The largest absolute Gasteiger partial charge is 0.495 e. The van der Waals surface area contributed by atoms with E-state index in [0.29, 0.717) is 28.7 Å². The van der Waals surface area contributed by atoms with E-state index in [1.54, 1.807) is 19.2 Å². The Labute approximate surface area is 168 Å². The molecule has 0 aliphatic rings. The highest BCUT2D eigenvalue weighted by atomic mass is 16.5. The molecule has 1 aromatic heterocycles. The summed E-state index contributed by atoms with van der Waals surface area (Å²) in [5.41, 5.74) is 3.70. The summed E-state index contributed by atoms with van der Waals surface area (Å²) >= 11 is 0. The lowest BCUT2D eigenvalue weighted by Crippen LogP contribution is -2.20. The summed E-state index contributed by atoms with van der Waals surface area (Å²) in [6.45, 7) is 1.82. The number of para-hydroxylation sites is 3. The number of carbonyl (C=O) groups excluding carboxylic acids is 1. The predicted molar refractivity (Wildman–Crippen MR) is 111 cm³/mol. The van der Waals surface area contributed by atoms with Crippen LogP contribution in [-0.4, -0.2) is 24.6 Å². The minimum Gasteiger partial charge on any atom is -0.495 e. The van der Waals surface area contributed by atoms with Gasteiger partial charge in [-0.15, -0.1) is 0 Å². The molecule has 6 nitrogen and oxygen atoms in total. The summed E-state index contributed by atoms with van der Waals surface area (Å²) < 4.78 is 16.8. The molecule has 0 aliphatic heterocycles. The van der Waals surface area contributed by atoms with E-state index in [1.807, 2.05) is 61.5 Å². The molecule has 0 saturated heterocycles. The zero-order chi connectivity index (χ0) is 20.2. The van der Waals surface area contributed by atoms with Crippen molar-refractivity contribution in [3.05, 3.63) is 72.3 Å². The van der Waals surface area contributed by atoms with Crippen molar-refractivity contribution in [1.29, 1.82) is 0 Å².